The molecule has 0 aromatic heterocycles. The Kier molecular flexibility index (Phi) is 4.43. The van der Waals surface area contributed by atoms with Crippen molar-refractivity contribution in [3.05, 3.63) is 35.9 Å². The van der Waals surface area contributed by atoms with E-state index in [-0.39, 0.29) is 11.8 Å². The molecule has 1 atom stereocenters. The van der Waals surface area contributed by atoms with E-state index in [1.807, 2.05) is 18.2 Å². The van der Waals surface area contributed by atoms with Gasteiger partial charge >= 0.3 is 0 Å². The molecule has 3 N–H and O–H groups in total. The summed E-state index contributed by atoms with van der Waals surface area (Å²) in [7, 11) is 0. The molecule has 1 amide bonds. The summed E-state index contributed by atoms with van der Waals surface area (Å²) in [6.45, 7) is 4.84. The molecule has 1 saturated carbocycles. The average molecular weight is 290 g/mol. The van der Waals surface area contributed by atoms with Crippen LogP contribution in [0.5, 0.6) is 0 Å². The van der Waals surface area contributed by atoms with Crippen LogP contribution in [0.25, 0.3) is 0 Å². The third-order valence-electron chi connectivity index (χ3n) is 4.24. The van der Waals surface area contributed by atoms with Crippen LogP contribution in [0.1, 0.15) is 38.2 Å². The van der Waals surface area contributed by atoms with Gasteiger partial charge in [0, 0.05) is 6.54 Å². The Bertz CT molecular complexity index is 494. The summed E-state index contributed by atoms with van der Waals surface area (Å²) in [5.41, 5.74) is 6.40. The van der Waals surface area contributed by atoms with Crippen molar-refractivity contribution >= 4 is 23.1 Å². The van der Waals surface area contributed by atoms with Crippen molar-refractivity contribution in [3.8, 4) is 0 Å². The Labute approximate surface area is 125 Å². The quantitative estimate of drug-likeness (QED) is 0.820. The largest absolute Gasteiger partial charge is 0.392 e. The molecule has 2 rings (SSSR count). The lowest BCUT2D eigenvalue weighted by atomic mass is 9.62. The number of hydrogen-bond acceptors (Lipinski definition) is 2. The summed E-state index contributed by atoms with van der Waals surface area (Å²) < 4.78 is 0. The van der Waals surface area contributed by atoms with Gasteiger partial charge in [-0.3, -0.25) is 4.79 Å². The minimum absolute atomic E-state index is 0.00844. The first-order chi connectivity index (χ1) is 9.45. The fourth-order valence-electron chi connectivity index (χ4n) is 2.94. The number of hydrogen-bond donors (Lipinski definition) is 2. The molecule has 3 nitrogen and oxygen atoms in total. The highest BCUT2D eigenvalue weighted by Gasteiger charge is 2.50. The summed E-state index contributed by atoms with van der Waals surface area (Å²) in [6, 6.07) is 10.2. The molecule has 1 fully saturated rings. The predicted molar refractivity (Wildman–Crippen MR) is 85.5 cm³/mol. The van der Waals surface area contributed by atoms with Crippen molar-refractivity contribution < 1.29 is 4.79 Å². The first kappa shape index (κ1) is 15.0. The van der Waals surface area contributed by atoms with Crippen molar-refractivity contribution in [3.63, 3.8) is 0 Å². The number of amides is 1. The molecule has 4 heteroatoms. The van der Waals surface area contributed by atoms with Crippen LogP contribution in [0.2, 0.25) is 0 Å². The molecule has 1 aromatic rings. The molecule has 0 spiro atoms. The molecule has 0 aliphatic heterocycles. The van der Waals surface area contributed by atoms with E-state index in [2.05, 4.69) is 31.3 Å². The van der Waals surface area contributed by atoms with E-state index < -0.39 is 5.41 Å². The Morgan fingerprint density at radius 3 is 2.55 bits per heavy atom. The van der Waals surface area contributed by atoms with Crippen LogP contribution in [-0.4, -0.2) is 17.4 Å². The number of thiocarbonyl (C=S) groups is 1. The fraction of sp³-hybridized carbons (Fsp3) is 0.500. The van der Waals surface area contributed by atoms with Gasteiger partial charge in [0.25, 0.3) is 0 Å². The number of nitrogens with two attached hydrogens (primary N) is 1. The van der Waals surface area contributed by atoms with Gasteiger partial charge in [-0.25, -0.2) is 0 Å². The van der Waals surface area contributed by atoms with E-state index in [1.165, 1.54) is 5.56 Å². The van der Waals surface area contributed by atoms with Crippen LogP contribution >= 0.6 is 12.2 Å². The first-order valence-electron chi connectivity index (χ1n) is 7.09. The molecule has 0 saturated heterocycles. The summed E-state index contributed by atoms with van der Waals surface area (Å²) in [5, 5.41) is 3.02. The van der Waals surface area contributed by atoms with Crippen molar-refractivity contribution in [1.29, 1.82) is 0 Å². The predicted octanol–water partition coefficient (Wildman–Crippen LogP) is 2.61. The monoisotopic (exact) mass is 290 g/mol. The van der Waals surface area contributed by atoms with Gasteiger partial charge in [0.1, 0.15) is 0 Å². The Morgan fingerprint density at radius 1 is 1.45 bits per heavy atom. The number of carbonyl (C=O) groups excluding carboxylic acids is 1. The van der Waals surface area contributed by atoms with Crippen LogP contribution in [0.4, 0.5) is 0 Å². The highest BCUT2D eigenvalue weighted by molar-refractivity contribution is 7.80. The van der Waals surface area contributed by atoms with Crippen molar-refractivity contribution in [2.45, 2.75) is 32.6 Å². The van der Waals surface area contributed by atoms with Crippen molar-refractivity contribution in [1.82, 2.24) is 5.32 Å². The molecule has 108 valence electrons. The van der Waals surface area contributed by atoms with E-state index >= 15 is 0 Å². The van der Waals surface area contributed by atoms with E-state index in [9.17, 15) is 4.79 Å². The second-order valence-electron chi connectivity index (χ2n) is 5.98. The van der Waals surface area contributed by atoms with Crippen LogP contribution in [-0.2, 0) is 4.79 Å². The van der Waals surface area contributed by atoms with Crippen LogP contribution in [0.15, 0.2) is 30.3 Å². The molecular weight excluding hydrogens is 268 g/mol. The van der Waals surface area contributed by atoms with Crippen molar-refractivity contribution in [2.75, 3.05) is 6.54 Å². The molecule has 1 aliphatic rings. The number of nitrogens with one attached hydrogen (secondary N) is 1. The Balaban J connectivity index is 1.94. The molecular formula is C16H22N2OS. The minimum Gasteiger partial charge on any atom is -0.392 e. The molecule has 20 heavy (non-hydrogen) atoms. The SMILES string of the molecule is CC1CC(C(=O)NCC(C)c2ccccc2)(C(N)=S)C1. The summed E-state index contributed by atoms with van der Waals surface area (Å²) in [4.78, 5) is 12.7. The van der Waals surface area contributed by atoms with Gasteiger partial charge in [0.05, 0.1) is 10.4 Å². The van der Waals surface area contributed by atoms with E-state index in [0.717, 1.165) is 12.8 Å². The lowest BCUT2D eigenvalue weighted by Crippen LogP contribution is -2.56. The molecule has 0 heterocycles. The average Bonchev–Trinajstić information content (AvgIpc) is 2.41. The van der Waals surface area contributed by atoms with E-state index in [4.69, 9.17) is 18.0 Å². The third-order valence-corrected chi connectivity index (χ3v) is 4.63. The molecule has 1 aromatic carbocycles. The van der Waals surface area contributed by atoms with Gasteiger partial charge < -0.3 is 11.1 Å². The van der Waals surface area contributed by atoms with Crippen molar-refractivity contribution in [2.24, 2.45) is 17.1 Å². The highest BCUT2D eigenvalue weighted by atomic mass is 32.1. The van der Waals surface area contributed by atoms with E-state index in [1.54, 1.807) is 0 Å². The maximum absolute atomic E-state index is 12.4. The number of benzene rings is 1. The summed E-state index contributed by atoms with van der Waals surface area (Å²) in [5.74, 6) is 0.792. The fourth-order valence-corrected chi connectivity index (χ4v) is 3.20. The molecule has 1 aliphatic carbocycles. The smallest absolute Gasteiger partial charge is 0.233 e. The molecule has 0 radical (unpaired) electrons. The standard InChI is InChI=1S/C16H22N2OS/c1-11-8-16(9-11,14(17)20)15(19)18-10-12(2)13-6-4-3-5-7-13/h3-7,11-12H,8-10H2,1-2H3,(H2,17,20)(H,18,19). The number of carbonyl (C=O) groups is 1. The van der Waals surface area contributed by atoms with Gasteiger partial charge in [-0.2, -0.15) is 0 Å². The molecule has 0 bridgehead atoms. The summed E-state index contributed by atoms with van der Waals surface area (Å²) in [6.07, 6.45) is 1.54. The van der Waals surface area contributed by atoms with Gasteiger partial charge in [-0.1, -0.05) is 56.4 Å². The Morgan fingerprint density at radius 2 is 2.05 bits per heavy atom. The van der Waals surface area contributed by atoms with Gasteiger partial charge in [-0.05, 0) is 30.2 Å². The zero-order chi connectivity index (χ0) is 14.8. The van der Waals surface area contributed by atoms with Gasteiger partial charge in [0.15, 0.2) is 0 Å². The second-order valence-corrected chi connectivity index (χ2v) is 6.42. The maximum atomic E-state index is 12.4. The minimum atomic E-state index is -0.606. The third kappa shape index (κ3) is 2.85. The topological polar surface area (TPSA) is 55.1 Å². The van der Waals surface area contributed by atoms with Crippen LogP contribution < -0.4 is 11.1 Å². The zero-order valence-corrected chi connectivity index (χ0v) is 12.9. The number of rotatable bonds is 5. The summed E-state index contributed by atoms with van der Waals surface area (Å²) >= 11 is 5.10. The van der Waals surface area contributed by atoms with E-state index in [0.29, 0.717) is 17.5 Å². The molecule has 1 unspecified atom stereocenters. The van der Waals surface area contributed by atoms with Crippen LogP contribution in [0.3, 0.4) is 0 Å². The highest BCUT2D eigenvalue weighted by Crippen LogP contribution is 2.46. The second kappa shape index (κ2) is 5.92. The lowest BCUT2D eigenvalue weighted by molar-refractivity contribution is -0.132. The lowest BCUT2D eigenvalue weighted by Gasteiger charge is -2.44. The first-order valence-corrected chi connectivity index (χ1v) is 7.49. The van der Waals surface area contributed by atoms with Crippen LogP contribution in [0, 0.1) is 11.3 Å². The Hall–Kier alpha value is -1.42. The normalized spacial score (nSPS) is 26.4. The van der Waals surface area contributed by atoms with Gasteiger partial charge in [0.2, 0.25) is 5.91 Å². The van der Waals surface area contributed by atoms with Gasteiger partial charge in [-0.15, -0.1) is 0 Å². The maximum Gasteiger partial charge on any atom is 0.233 e. The zero-order valence-electron chi connectivity index (χ0n) is 12.1.